The molecule has 7 nitrogen and oxygen atoms in total. The Kier molecular flexibility index (Phi) is 4.48. The fourth-order valence-corrected chi connectivity index (χ4v) is 4.47. The minimum atomic E-state index is -0.560. The Labute approximate surface area is 180 Å². The highest BCUT2D eigenvalue weighted by atomic mass is 32.1. The Morgan fingerprint density at radius 3 is 2.77 bits per heavy atom. The number of aromatic nitrogens is 2. The highest BCUT2D eigenvalue weighted by Crippen LogP contribution is 2.34. The first kappa shape index (κ1) is 19.3. The Morgan fingerprint density at radius 2 is 2.00 bits per heavy atom. The van der Waals surface area contributed by atoms with E-state index in [0.717, 1.165) is 15.9 Å². The van der Waals surface area contributed by atoms with Crippen LogP contribution in [0.25, 0.3) is 15.9 Å². The molecule has 156 valence electrons. The Bertz CT molecular complexity index is 1340. The molecule has 0 saturated heterocycles. The fraction of sp³-hybridized carbons (Fsp3) is 0.136. The van der Waals surface area contributed by atoms with Crippen LogP contribution in [0.4, 0.5) is 15.8 Å². The van der Waals surface area contributed by atoms with Gasteiger partial charge in [-0.15, -0.1) is 11.3 Å². The van der Waals surface area contributed by atoms with E-state index in [1.165, 1.54) is 23.5 Å². The maximum Gasteiger partial charge on any atom is 0.265 e. The monoisotopic (exact) mass is 436 g/mol. The summed E-state index contributed by atoms with van der Waals surface area (Å²) in [5.41, 5.74) is 2.54. The molecule has 2 amide bonds. The zero-order chi connectivity index (χ0) is 21.7. The van der Waals surface area contributed by atoms with Crippen LogP contribution in [0.2, 0.25) is 0 Å². The molecule has 2 N–H and O–H groups in total. The summed E-state index contributed by atoms with van der Waals surface area (Å²) in [5.74, 6) is -0.276. The molecule has 5 rings (SSSR count). The van der Waals surface area contributed by atoms with Gasteiger partial charge in [-0.2, -0.15) is 5.10 Å². The predicted octanol–water partition coefficient (Wildman–Crippen LogP) is 4.51. The minimum Gasteiger partial charge on any atom is -0.479 e. The van der Waals surface area contributed by atoms with Gasteiger partial charge in [-0.3, -0.25) is 9.59 Å². The molecule has 0 fully saturated rings. The lowest BCUT2D eigenvalue weighted by Crippen LogP contribution is -2.34. The molecule has 0 aliphatic carbocycles. The molecule has 1 aliphatic heterocycles. The van der Waals surface area contributed by atoms with E-state index in [4.69, 9.17) is 4.74 Å². The number of benzene rings is 2. The van der Waals surface area contributed by atoms with E-state index in [0.29, 0.717) is 27.7 Å². The number of anilines is 2. The number of hydrogen-bond donors (Lipinski definition) is 2. The van der Waals surface area contributed by atoms with Crippen LogP contribution >= 0.6 is 11.3 Å². The second-order valence-electron chi connectivity index (χ2n) is 7.22. The maximum atomic E-state index is 13.3. The van der Waals surface area contributed by atoms with Crippen molar-refractivity contribution in [3.63, 3.8) is 0 Å². The molecule has 0 unspecified atom stereocenters. The number of nitrogens with zero attached hydrogens (tertiary/aromatic N) is 2. The fourth-order valence-electron chi connectivity index (χ4n) is 3.40. The average molecular weight is 436 g/mol. The summed E-state index contributed by atoms with van der Waals surface area (Å²) in [5, 5.41) is 11.0. The largest absolute Gasteiger partial charge is 0.479 e. The summed E-state index contributed by atoms with van der Waals surface area (Å²) in [6.07, 6.45) is -0.560. The summed E-state index contributed by atoms with van der Waals surface area (Å²) in [6, 6.07) is 12.9. The molecular formula is C22H17FN4O3S. The zero-order valence-electron chi connectivity index (χ0n) is 16.6. The van der Waals surface area contributed by atoms with Crippen molar-refractivity contribution in [2.45, 2.75) is 20.0 Å². The van der Waals surface area contributed by atoms with Crippen LogP contribution < -0.4 is 15.4 Å². The van der Waals surface area contributed by atoms with E-state index in [9.17, 15) is 14.0 Å². The molecule has 31 heavy (non-hydrogen) atoms. The second-order valence-corrected chi connectivity index (χ2v) is 8.25. The standard InChI is InChI=1S/C22H17FN4O3S/c1-11-16-10-19(31-22(16)27(26-11)15-6-3-13(23)4-7-15)21(29)24-14-5-8-18-17(9-14)25-20(28)12(2)30-18/h3-10,12H,1-2H3,(H,24,29)(H,25,28)/t12-/m1/s1. The van der Waals surface area contributed by atoms with Crippen LogP contribution in [0.5, 0.6) is 5.75 Å². The van der Waals surface area contributed by atoms with E-state index < -0.39 is 6.10 Å². The Hall–Kier alpha value is -3.72. The second kappa shape index (κ2) is 7.21. The molecule has 0 radical (unpaired) electrons. The first-order valence-electron chi connectivity index (χ1n) is 9.57. The normalized spacial score (nSPS) is 15.3. The number of carbonyl (C=O) groups is 2. The molecule has 0 saturated carbocycles. The summed E-state index contributed by atoms with van der Waals surface area (Å²) < 4.78 is 20.5. The molecule has 1 atom stereocenters. The van der Waals surface area contributed by atoms with Crippen molar-refractivity contribution in [1.82, 2.24) is 9.78 Å². The van der Waals surface area contributed by atoms with E-state index in [2.05, 4.69) is 15.7 Å². The SMILES string of the molecule is Cc1nn(-c2ccc(F)cc2)c2sc(C(=O)Nc3ccc4c(c3)NC(=O)[C@@H](C)O4)cc12. The third-order valence-electron chi connectivity index (χ3n) is 5.01. The van der Waals surface area contributed by atoms with Crippen LogP contribution in [0.1, 0.15) is 22.3 Å². The number of halogens is 1. The highest BCUT2D eigenvalue weighted by Gasteiger charge is 2.24. The van der Waals surface area contributed by atoms with E-state index >= 15 is 0 Å². The molecule has 3 heterocycles. The number of hydrogen-bond acceptors (Lipinski definition) is 5. The highest BCUT2D eigenvalue weighted by molar-refractivity contribution is 7.20. The smallest absolute Gasteiger partial charge is 0.265 e. The van der Waals surface area contributed by atoms with Gasteiger partial charge in [0.25, 0.3) is 11.8 Å². The number of amides is 2. The van der Waals surface area contributed by atoms with Gasteiger partial charge in [0.2, 0.25) is 0 Å². The summed E-state index contributed by atoms with van der Waals surface area (Å²) in [7, 11) is 0. The molecule has 0 bridgehead atoms. The predicted molar refractivity (Wildman–Crippen MR) is 117 cm³/mol. The van der Waals surface area contributed by atoms with E-state index in [1.807, 2.05) is 6.92 Å². The van der Waals surface area contributed by atoms with Gasteiger partial charge in [-0.25, -0.2) is 9.07 Å². The third-order valence-corrected chi connectivity index (χ3v) is 6.12. The molecule has 1 aliphatic rings. The van der Waals surface area contributed by atoms with Crippen LogP contribution in [0.15, 0.2) is 48.5 Å². The van der Waals surface area contributed by atoms with Crippen LogP contribution in [0.3, 0.4) is 0 Å². The van der Waals surface area contributed by atoms with Gasteiger partial charge >= 0.3 is 0 Å². The number of thiophene rings is 1. The average Bonchev–Trinajstić information content (AvgIpc) is 3.31. The molecule has 9 heteroatoms. The van der Waals surface area contributed by atoms with Crippen molar-refractivity contribution in [2.24, 2.45) is 0 Å². The summed E-state index contributed by atoms with van der Waals surface area (Å²) in [4.78, 5) is 26.0. The number of ether oxygens (including phenoxy) is 1. The van der Waals surface area contributed by atoms with Crippen molar-refractivity contribution in [3.05, 3.63) is 64.9 Å². The van der Waals surface area contributed by atoms with Gasteiger partial charge in [0.15, 0.2) is 6.10 Å². The number of aryl methyl sites for hydroxylation is 1. The quantitative estimate of drug-likeness (QED) is 0.495. The lowest BCUT2D eigenvalue weighted by atomic mass is 10.2. The van der Waals surface area contributed by atoms with E-state index in [-0.39, 0.29) is 17.6 Å². The van der Waals surface area contributed by atoms with Crippen LogP contribution in [-0.4, -0.2) is 27.7 Å². The minimum absolute atomic E-state index is 0.235. The van der Waals surface area contributed by atoms with Crippen LogP contribution in [0, 0.1) is 12.7 Å². The van der Waals surface area contributed by atoms with Crippen molar-refractivity contribution < 1.29 is 18.7 Å². The third kappa shape index (κ3) is 3.42. The van der Waals surface area contributed by atoms with Gasteiger partial charge < -0.3 is 15.4 Å². The maximum absolute atomic E-state index is 13.3. The van der Waals surface area contributed by atoms with E-state index in [1.54, 1.807) is 48.0 Å². The number of nitrogens with one attached hydrogen (secondary N) is 2. The number of fused-ring (bicyclic) bond motifs is 2. The topological polar surface area (TPSA) is 85.3 Å². The lowest BCUT2D eigenvalue weighted by Gasteiger charge is -2.23. The molecular weight excluding hydrogens is 419 g/mol. The Balaban J connectivity index is 1.43. The summed E-state index contributed by atoms with van der Waals surface area (Å²) in [6.45, 7) is 3.54. The number of carbonyl (C=O) groups excluding carboxylic acids is 2. The number of rotatable bonds is 3. The van der Waals surface area contributed by atoms with Crippen molar-refractivity contribution in [1.29, 1.82) is 0 Å². The first-order chi connectivity index (χ1) is 14.9. The van der Waals surface area contributed by atoms with Gasteiger partial charge in [0.05, 0.1) is 21.9 Å². The molecule has 0 spiro atoms. The van der Waals surface area contributed by atoms with Crippen molar-refractivity contribution >= 4 is 44.7 Å². The lowest BCUT2D eigenvalue weighted by molar-refractivity contribution is -0.122. The van der Waals surface area contributed by atoms with Crippen molar-refractivity contribution in [2.75, 3.05) is 10.6 Å². The molecule has 2 aromatic carbocycles. The zero-order valence-corrected chi connectivity index (χ0v) is 17.4. The van der Waals surface area contributed by atoms with Crippen LogP contribution in [-0.2, 0) is 4.79 Å². The van der Waals surface area contributed by atoms with Gasteiger partial charge in [-0.1, -0.05) is 0 Å². The first-order valence-corrected chi connectivity index (χ1v) is 10.4. The van der Waals surface area contributed by atoms with Gasteiger partial charge in [0.1, 0.15) is 16.4 Å². The van der Waals surface area contributed by atoms with Gasteiger partial charge in [0, 0.05) is 11.1 Å². The van der Waals surface area contributed by atoms with Gasteiger partial charge in [-0.05, 0) is 62.4 Å². The summed E-state index contributed by atoms with van der Waals surface area (Å²) >= 11 is 1.30. The van der Waals surface area contributed by atoms with Crippen molar-refractivity contribution in [3.8, 4) is 11.4 Å². The Morgan fingerprint density at radius 1 is 1.23 bits per heavy atom. The molecule has 4 aromatic rings. The molecule has 2 aromatic heterocycles.